The highest BCUT2D eigenvalue weighted by Crippen LogP contribution is 2.36. The molecular weight excluding hydrogens is 400 g/mol. The van der Waals surface area contributed by atoms with Gasteiger partial charge in [-0.3, -0.25) is 14.5 Å². The number of carbonyl (C=O) groups is 2. The monoisotopic (exact) mass is 421 g/mol. The number of nitrogens with zero attached hydrogens (tertiary/aromatic N) is 3. The Kier molecular flexibility index (Phi) is 5.53. The second-order valence-electron chi connectivity index (χ2n) is 6.98. The molecule has 2 aliphatic heterocycles. The van der Waals surface area contributed by atoms with Crippen molar-refractivity contribution in [1.82, 2.24) is 9.55 Å². The highest BCUT2D eigenvalue weighted by atomic mass is 19.3. The predicted molar refractivity (Wildman–Crippen MR) is 104 cm³/mol. The third kappa shape index (κ3) is 4.06. The number of carbonyl (C=O) groups excluding carboxylic acids is 2. The van der Waals surface area contributed by atoms with E-state index in [1.807, 2.05) is 0 Å². The second-order valence-corrected chi connectivity index (χ2v) is 6.98. The van der Waals surface area contributed by atoms with Crippen LogP contribution in [0.2, 0.25) is 0 Å². The van der Waals surface area contributed by atoms with Gasteiger partial charge in [0.25, 0.3) is 12.3 Å². The Morgan fingerprint density at radius 3 is 2.83 bits per heavy atom. The number of amides is 2. The zero-order chi connectivity index (χ0) is 21.3. The van der Waals surface area contributed by atoms with Gasteiger partial charge in [0.15, 0.2) is 5.82 Å². The number of imidazole rings is 1. The molecule has 0 bridgehead atoms. The number of anilines is 2. The van der Waals surface area contributed by atoms with Gasteiger partial charge in [-0.25, -0.2) is 13.8 Å². The first kappa shape index (κ1) is 20.1. The van der Waals surface area contributed by atoms with Crippen molar-refractivity contribution in [2.75, 3.05) is 36.5 Å². The molecule has 1 fully saturated rings. The molecule has 3 N–H and O–H groups in total. The molecule has 1 aromatic heterocycles. The number of alkyl halides is 2. The number of ether oxygens (including phenoxy) is 2. The maximum Gasteiger partial charge on any atom is 0.257 e. The Balaban J connectivity index is 1.65. The minimum atomic E-state index is -2.70. The molecule has 160 valence electrons. The van der Waals surface area contributed by atoms with Crippen LogP contribution in [-0.2, 0) is 20.9 Å². The number of aromatic nitrogens is 2. The first-order chi connectivity index (χ1) is 14.4. The Morgan fingerprint density at radius 1 is 1.37 bits per heavy atom. The molecule has 2 amide bonds. The van der Waals surface area contributed by atoms with Gasteiger partial charge < -0.3 is 25.1 Å². The fourth-order valence-corrected chi connectivity index (χ4v) is 3.34. The average molecular weight is 421 g/mol. The lowest BCUT2D eigenvalue weighted by Gasteiger charge is -2.30. The van der Waals surface area contributed by atoms with Gasteiger partial charge in [0, 0.05) is 24.4 Å². The van der Waals surface area contributed by atoms with E-state index in [0.29, 0.717) is 49.0 Å². The first-order valence-corrected chi connectivity index (χ1v) is 9.50. The Morgan fingerprint density at radius 2 is 2.17 bits per heavy atom. The van der Waals surface area contributed by atoms with E-state index in [1.54, 1.807) is 29.0 Å². The van der Waals surface area contributed by atoms with Gasteiger partial charge in [-0.15, -0.1) is 0 Å². The minimum Gasteiger partial charge on any atom is -0.491 e. The third-order valence-corrected chi connectivity index (χ3v) is 4.88. The van der Waals surface area contributed by atoms with Crippen LogP contribution >= 0.6 is 0 Å². The van der Waals surface area contributed by atoms with Gasteiger partial charge in [0.05, 0.1) is 31.8 Å². The van der Waals surface area contributed by atoms with Gasteiger partial charge in [-0.05, 0) is 12.1 Å². The highest BCUT2D eigenvalue weighted by Gasteiger charge is 2.34. The van der Waals surface area contributed by atoms with Crippen LogP contribution in [0.25, 0.3) is 11.4 Å². The van der Waals surface area contributed by atoms with E-state index in [0.717, 1.165) is 4.90 Å². The Hall–Kier alpha value is -3.21. The summed E-state index contributed by atoms with van der Waals surface area (Å²) in [5, 5.41) is 2.89. The van der Waals surface area contributed by atoms with Gasteiger partial charge in [-0.1, -0.05) is 0 Å². The van der Waals surface area contributed by atoms with Crippen molar-refractivity contribution in [3.8, 4) is 17.1 Å². The number of rotatable bonds is 7. The standard InChI is InChI=1S/C19H21F2N5O4/c20-15(21)9-26(19(28)13-3-5-29-13)17-10-25-4-6-30-14-7-11(23-8-16(22)27)1-2-12(14)18(25)24-17/h1-2,7,10,13,15,23H,3-6,8-9H2,(H2,22,27). The van der Waals surface area contributed by atoms with E-state index in [9.17, 15) is 18.4 Å². The molecule has 0 aliphatic carbocycles. The summed E-state index contributed by atoms with van der Waals surface area (Å²) in [5.41, 5.74) is 6.44. The van der Waals surface area contributed by atoms with Crippen molar-refractivity contribution in [3.05, 3.63) is 24.4 Å². The summed E-state index contributed by atoms with van der Waals surface area (Å²) in [7, 11) is 0. The van der Waals surface area contributed by atoms with Gasteiger partial charge in [0.2, 0.25) is 5.91 Å². The fraction of sp³-hybridized carbons (Fsp3) is 0.421. The molecule has 0 spiro atoms. The number of halogens is 2. The number of hydrogen-bond donors (Lipinski definition) is 2. The summed E-state index contributed by atoms with van der Waals surface area (Å²) in [6.07, 6.45) is -1.33. The lowest BCUT2D eigenvalue weighted by molar-refractivity contribution is -0.142. The van der Waals surface area contributed by atoms with Gasteiger partial charge in [-0.2, -0.15) is 0 Å². The number of primary amides is 1. The van der Waals surface area contributed by atoms with Crippen LogP contribution in [0.3, 0.4) is 0 Å². The van der Waals surface area contributed by atoms with Gasteiger partial charge >= 0.3 is 0 Å². The van der Waals surface area contributed by atoms with Crippen molar-refractivity contribution in [1.29, 1.82) is 0 Å². The molecule has 30 heavy (non-hydrogen) atoms. The molecule has 9 nitrogen and oxygen atoms in total. The van der Waals surface area contributed by atoms with Crippen LogP contribution in [0.15, 0.2) is 24.4 Å². The summed E-state index contributed by atoms with van der Waals surface area (Å²) in [5.74, 6) is 0.159. The number of nitrogens with two attached hydrogens (primary N) is 1. The highest BCUT2D eigenvalue weighted by molar-refractivity contribution is 5.96. The summed E-state index contributed by atoms with van der Waals surface area (Å²) < 4.78 is 39.0. The molecule has 4 rings (SSSR count). The molecule has 2 aliphatic rings. The predicted octanol–water partition coefficient (Wildman–Crippen LogP) is 1.23. The van der Waals surface area contributed by atoms with Crippen molar-refractivity contribution < 1.29 is 27.8 Å². The van der Waals surface area contributed by atoms with E-state index in [4.69, 9.17) is 15.2 Å². The van der Waals surface area contributed by atoms with E-state index in [1.165, 1.54) is 0 Å². The topological polar surface area (TPSA) is 112 Å². The third-order valence-electron chi connectivity index (χ3n) is 4.88. The van der Waals surface area contributed by atoms with Crippen LogP contribution in [0.1, 0.15) is 6.42 Å². The minimum absolute atomic E-state index is 0.0223. The lowest BCUT2D eigenvalue weighted by Crippen LogP contribution is -2.47. The zero-order valence-corrected chi connectivity index (χ0v) is 16.0. The molecule has 2 aromatic rings. The largest absolute Gasteiger partial charge is 0.491 e. The van der Waals surface area contributed by atoms with Crippen molar-refractivity contribution in [3.63, 3.8) is 0 Å². The molecule has 3 heterocycles. The number of fused-ring (bicyclic) bond motifs is 3. The van der Waals surface area contributed by atoms with Crippen LogP contribution < -0.4 is 20.7 Å². The summed E-state index contributed by atoms with van der Waals surface area (Å²) >= 11 is 0. The first-order valence-electron chi connectivity index (χ1n) is 9.50. The SMILES string of the molecule is NC(=O)CNc1ccc2c(c1)OCCn1cc(N(CC(F)F)C(=O)C3CCO3)nc1-2. The maximum absolute atomic E-state index is 13.1. The van der Waals surface area contributed by atoms with Crippen LogP contribution in [-0.4, -0.2) is 60.2 Å². The summed E-state index contributed by atoms with van der Waals surface area (Å²) in [4.78, 5) is 29.0. The van der Waals surface area contributed by atoms with E-state index in [2.05, 4.69) is 10.3 Å². The molecule has 1 unspecified atom stereocenters. The average Bonchev–Trinajstić information content (AvgIpc) is 2.99. The van der Waals surface area contributed by atoms with E-state index in [-0.39, 0.29) is 12.4 Å². The molecular formula is C19H21F2N5O4. The smallest absolute Gasteiger partial charge is 0.257 e. The molecule has 0 radical (unpaired) electrons. The van der Waals surface area contributed by atoms with Crippen molar-refractivity contribution in [2.24, 2.45) is 5.73 Å². The number of nitrogens with one attached hydrogen (secondary N) is 1. The second kappa shape index (κ2) is 8.27. The molecule has 11 heteroatoms. The zero-order valence-electron chi connectivity index (χ0n) is 16.0. The number of benzene rings is 1. The molecule has 1 atom stereocenters. The summed E-state index contributed by atoms with van der Waals surface area (Å²) in [6.45, 7) is 0.413. The number of hydrogen-bond acceptors (Lipinski definition) is 6. The summed E-state index contributed by atoms with van der Waals surface area (Å²) in [6, 6.07) is 5.20. The fourth-order valence-electron chi connectivity index (χ4n) is 3.34. The quantitative estimate of drug-likeness (QED) is 0.696. The van der Waals surface area contributed by atoms with E-state index >= 15 is 0 Å². The lowest BCUT2D eigenvalue weighted by atomic mass is 10.1. The van der Waals surface area contributed by atoms with E-state index < -0.39 is 30.9 Å². The molecule has 1 aromatic carbocycles. The molecule has 0 saturated carbocycles. The normalized spacial score (nSPS) is 17.2. The van der Waals surface area contributed by atoms with Crippen LogP contribution in [0, 0.1) is 0 Å². The Labute approximate surface area is 170 Å². The van der Waals surface area contributed by atoms with Crippen LogP contribution in [0.4, 0.5) is 20.3 Å². The van der Waals surface area contributed by atoms with Crippen molar-refractivity contribution in [2.45, 2.75) is 25.5 Å². The van der Waals surface area contributed by atoms with Crippen molar-refractivity contribution >= 4 is 23.3 Å². The Bertz CT molecular complexity index is 960. The molecule has 1 saturated heterocycles. The maximum atomic E-state index is 13.1. The van der Waals surface area contributed by atoms with Gasteiger partial charge in [0.1, 0.15) is 24.3 Å². The van der Waals surface area contributed by atoms with Crippen LogP contribution in [0.5, 0.6) is 5.75 Å².